The quantitative estimate of drug-likeness (QED) is 0.477. The van der Waals surface area contributed by atoms with Gasteiger partial charge in [0.15, 0.2) is 0 Å². The Labute approximate surface area is 179 Å². The average Bonchev–Trinajstić information content (AvgIpc) is 3.39. The highest BCUT2D eigenvalue weighted by Gasteiger charge is 2.40. The van der Waals surface area contributed by atoms with Crippen LogP contribution in [0.5, 0.6) is 0 Å². The number of benzene rings is 2. The van der Waals surface area contributed by atoms with Gasteiger partial charge in [0.25, 0.3) is 5.91 Å². The smallest absolute Gasteiger partial charge is 0.262 e. The van der Waals surface area contributed by atoms with Gasteiger partial charge in [-0.15, -0.1) is 5.10 Å². The van der Waals surface area contributed by atoms with Crippen molar-refractivity contribution in [2.45, 2.75) is 11.7 Å². The molecule has 1 atom stereocenters. The molecule has 0 aliphatic carbocycles. The molecule has 1 fully saturated rings. The molecule has 154 valence electrons. The number of thioether (sulfide) groups is 1. The number of carbonyl (C=O) groups is 2. The van der Waals surface area contributed by atoms with Gasteiger partial charge in [0, 0.05) is 5.69 Å². The Bertz CT molecular complexity index is 1220. The number of anilines is 1. The molecule has 2 heterocycles. The van der Waals surface area contributed by atoms with Gasteiger partial charge in [-0.25, -0.2) is 9.07 Å². The summed E-state index contributed by atoms with van der Waals surface area (Å²) in [5.74, 6) is -1.75. The van der Waals surface area contributed by atoms with Crippen molar-refractivity contribution in [3.8, 4) is 11.8 Å². The third-order valence-electron chi connectivity index (χ3n) is 4.55. The fraction of sp³-hybridized carbons (Fsp3) is 0.100. The van der Waals surface area contributed by atoms with E-state index in [1.54, 1.807) is 6.07 Å². The molecule has 11 heteroatoms. The summed E-state index contributed by atoms with van der Waals surface area (Å²) in [5.41, 5.74) is 6.92. The van der Waals surface area contributed by atoms with E-state index in [0.717, 1.165) is 23.0 Å². The molecule has 1 aliphatic rings. The molecule has 9 nitrogen and oxygen atoms in total. The summed E-state index contributed by atoms with van der Waals surface area (Å²) in [7, 11) is 0. The Kier molecular flexibility index (Phi) is 5.46. The molecule has 31 heavy (non-hydrogen) atoms. The van der Waals surface area contributed by atoms with Crippen molar-refractivity contribution >= 4 is 29.3 Å². The van der Waals surface area contributed by atoms with E-state index in [1.807, 2.05) is 24.3 Å². The van der Waals surface area contributed by atoms with Gasteiger partial charge in [0.2, 0.25) is 5.91 Å². The number of amides is 2. The summed E-state index contributed by atoms with van der Waals surface area (Å²) in [5, 5.41) is 20.0. The van der Waals surface area contributed by atoms with Gasteiger partial charge < -0.3 is 5.73 Å². The second-order valence-corrected chi connectivity index (χ2v) is 7.73. The SMILES string of the molecule is N#C/C(C(N)=O)=C1\S[C@@H](Cc2cccc(-n3cnnn3)c2)C(=O)N1c1ccc(F)cc1. The molecule has 3 aromatic rings. The number of aromatic nitrogens is 4. The van der Waals surface area contributed by atoms with Crippen LogP contribution in [0.15, 0.2) is 65.5 Å². The predicted octanol–water partition coefficient (Wildman–Crippen LogP) is 1.71. The fourth-order valence-corrected chi connectivity index (χ4v) is 4.46. The first kappa shape index (κ1) is 20.2. The zero-order valence-corrected chi connectivity index (χ0v) is 16.7. The highest BCUT2D eigenvalue weighted by molar-refractivity contribution is 8.05. The minimum Gasteiger partial charge on any atom is -0.365 e. The summed E-state index contributed by atoms with van der Waals surface area (Å²) in [6.07, 6.45) is 1.77. The average molecular weight is 435 g/mol. The van der Waals surface area contributed by atoms with E-state index in [4.69, 9.17) is 5.73 Å². The first-order chi connectivity index (χ1) is 15.0. The molecule has 0 unspecified atom stereocenters. The third-order valence-corrected chi connectivity index (χ3v) is 5.82. The zero-order chi connectivity index (χ0) is 22.0. The van der Waals surface area contributed by atoms with Crippen molar-refractivity contribution in [2.24, 2.45) is 5.73 Å². The van der Waals surface area contributed by atoms with Gasteiger partial charge in [-0.2, -0.15) is 5.26 Å². The number of hydrogen-bond donors (Lipinski definition) is 1. The Morgan fingerprint density at radius 3 is 2.65 bits per heavy atom. The van der Waals surface area contributed by atoms with Gasteiger partial charge in [-0.3, -0.25) is 14.5 Å². The van der Waals surface area contributed by atoms with Crippen LogP contribution >= 0.6 is 11.8 Å². The summed E-state index contributed by atoms with van der Waals surface area (Å²) in [6, 6.07) is 14.3. The lowest BCUT2D eigenvalue weighted by molar-refractivity contribution is -0.117. The van der Waals surface area contributed by atoms with Gasteiger partial charge in [0.05, 0.1) is 10.9 Å². The number of tetrazole rings is 1. The van der Waals surface area contributed by atoms with E-state index >= 15 is 0 Å². The van der Waals surface area contributed by atoms with E-state index in [9.17, 15) is 19.2 Å². The van der Waals surface area contributed by atoms with E-state index in [1.165, 1.54) is 40.2 Å². The van der Waals surface area contributed by atoms with E-state index < -0.39 is 17.0 Å². The second kappa shape index (κ2) is 8.37. The summed E-state index contributed by atoms with van der Waals surface area (Å²) < 4.78 is 14.9. The van der Waals surface area contributed by atoms with Gasteiger partial charge in [0.1, 0.15) is 28.8 Å². The van der Waals surface area contributed by atoms with E-state index in [2.05, 4.69) is 15.5 Å². The number of carbonyl (C=O) groups excluding carboxylic acids is 2. The van der Waals surface area contributed by atoms with Crippen molar-refractivity contribution in [3.05, 3.63) is 76.8 Å². The normalized spacial score (nSPS) is 17.5. The topological polar surface area (TPSA) is 131 Å². The van der Waals surface area contributed by atoms with Crippen LogP contribution in [-0.2, 0) is 16.0 Å². The lowest BCUT2D eigenvalue weighted by Crippen LogP contribution is -2.31. The monoisotopic (exact) mass is 435 g/mol. The first-order valence-electron chi connectivity index (χ1n) is 9.00. The second-order valence-electron chi connectivity index (χ2n) is 6.54. The lowest BCUT2D eigenvalue weighted by Gasteiger charge is -2.18. The van der Waals surface area contributed by atoms with Crippen molar-refractivity contribution in [1.82, 2.24) is 20.2 Å². The van der Waals surface area contributed by atoms with Crippen molar-refractivity contribution < 1.29 is 14.0 Å². The molecular formula is C20H14FN7O2S. The minimum atomic E-state index is -0.939. The molecule has 0 bridgehead atoms. The van der Waals surface area contributed by atoms with Crippen LogP contribution < -0.4 is 10.6 Å². The number of hydrogen-bond acceptors (Lipinski definition) is 7. The fourth-order valence-electron chi connectivity index (χ4n) is 3.14. The van der Waals surface area contributed by atoms with Crippen LogP contribution in [0.2, 0.25) is 0 Å². The summed E-state index contributed by atoms with van der Waals surface area (Å²) in [4.78, 5) is 26.3. The highest BCUT2D eigenvalue weighted by atomic mass is 32.2. The number of rotatable bonds is 5. The van der Waals surface area contributed by atoms with Gasteiger partial charge >= 0.3 is 0 Å². The predicted molar refractivity (Wildman–Crippen MR) is 110 cm³/mol. The Balaban J connectivity index is 1.69. The van der Waals surface area contributed by atoms with Crippen LogP contribution in [0.25, 0.3) is 5.69 Å². The number of primary amides is 1. The largest absolute Gasteiger partial charge is 0.365 e. The summed E-state index contributed by atoms with van der Waals surface area (Å²) in [6.45, 7) is 0. The maximum absolute atomic E-state index is 13.4. The van der Waals surface area contributed by atoms with Crippen LogP contribution in [0.4, 0.5) is 10.1 Å². The van der Waals surface area contributed by atoms with Gasteiger partial charge in [-0.05, 0) is 58.8 Å². The Hall–Kier alpha value is -4.04. The Morgan fingerprint density at radius 1 is 1.23 bits per heavy atom. The van der Waals surface area contributed by atoms with Crippen molar-refractivity contribution in [1.29, 1.82) is 5.26 Å². The van der Waals surface area contributed by atoms with Gasteiger partial charge in [-0.1, -0.05) is 23.9 Å². The Morgan fingerprint density at radius 2 is 2.00 bits per heavy atom. The first-order valence-corrected chi connectivity index (χ1v) is 9.88. The highest BCUT2D eigenvalue weighted by Crippen LogP contribution is 2.41. The number of nitriles is 1. The number of nitrogens with zero attached hydrogens (tertiary/aromatic N) is 6. The lowest BCUT2D eigenvalue weighted by atomic mass is 10.1. The standard InChI is InChI=1S/C20H14FN7O2S/c21-13-4-6-14(7-5-13)28-19(30)17(31-20(28)16(10-22)18(23)29)9-12-2-1-3-15(8-12)27-11-24-25-26-27/h1-8,11,17H,9H2,(H2,23,29)/b20-16+/t17-/m0/s1. The molecule has 2 aromatic carbocycles. The maximum Gasteiger partial charge on any atom is 0.262 e. The molecule has 1 saturated heterocycles. The summed E-state index contributed by atoms with van der Waals surface area (Å²) >= 11 is 1.08. The molecule has 0 saturated carbocycles. The number of halogens is 1. The van der Waals surface area contributed by atoms with Crippen LogP contribution in [0, 0.1) is 17.1 Å². The van der Waals surface area contributed by atoms with Crippen LogP contribution in [0.1, 0.15) is 5.56 Å². The third kappa shape index (κ3) is 4.01. The van der Waals surface area contributed by atoms with Crippen LogP contribution in [-0.4, -0.2) is 37.3 Å². The van der Waals surface area contributed by atoms with E-state index in [0.29, 0.717) is 12.1 Å². The van der Waals surface area contributed by atoms with Crippen molar-refractivity contribution in [2.75, 3.05) is 4.90 Å². The molecule has 0 spiro atoms. The minimum absolute atomic E-state index is 0.133. The molecule has 1 aromatic heterocycles. The molecule has 0 radical (unpaired) electrons. The molecule has 2 N–H and O–H groups in total. The molecular weight excluding hydrogens is 421 g/mol. The zero-order valence-electron chi connectivity index (χ0n) is 15.8. The van der Waals surface area contributed by atoms with Crippen LogP contribution in [0.3, 0.4) is 0 Å². The number of nitrogens with two attached hydrogens (primary N) is 1. The molecule has 1 aliphatic heterocycles. The van der Waals surface area contributed by atoms with E-state index in [-0.39, 0.29) is 16.5 Å². The van der Waals surface area contributed by atoms with Crippen molar-refractivity contribution in [3.63, 3.8) is 0 Å². The molecule has 2 amide bonds. The maximum atomic E-state index is 13.4. The molecule has 4 rings (SSSR count).